The molecule has 0 radical (unpaired) electrons. The van der Waals surface area contributed by atoms with Gasteiger partial charge in [0, 0.05) is 19.6 Å². The number of rotatable bonds is 8. The van der Waals surface area contributed by atoms with Gasteiger partial charge in [0.1, 0.15) is 11.4 Å². The van der Waals surface area contributed by atoms with Crippen molar-refractivity contribution in [3.05, 3.63) is 70.9 Å². The average molecular weight is 419 g/mol. The number of nitrogens with zero attached hydrogens (tertiary/aromatic N) is 2. The quantitative estimate of drug-likeness (QED) is 0.471. The van der Waals surface area contributed by atoms with Gasteiger partial charge in [-0.3, -0.25) is 14.5 Å². The lowest BCUT2D eigenvalue weighted by Gasteiger charge is -2.31. The molecule has 2 heterocycles. The van der Waals surface area contributed by atoms with Gasteiger partial charge in [-0.1, -0.05) is 62.6 Å². The summed E-state index contributed by atoms with van der Waals surface area (Å²) in [4.78, 5) is 30.4. The van der Waals surface area contributed by atoms with Crippen molar-refractivity contribution in [2.45, 2.75) is 45.6 Å². The summed E-state index contributed by atoms with van der Waals surface area (Å²) >= 11 is 0. The summed E-state index contributed by atoms with van der Waals surface area (Å²) in [5.74, 6) is 0.387. The first-order valence-corrected chi connectivity index (χ1v) is 11.2. The second kappa shape index (κ2) is 9.38. The van der Waals surface area contributed by atoms with Crippen LogP contribution >= 0.6 is 0 Å². The van der Waals surface area contributed by atoms with Crippen LogP contribution in [-0.4, -0.2) is 41.8 Å². The summed E-state index contributed by atoms with van der Waals surface area (Å²) in [6.45, 7) is 4.01. The topological polar surface area (TPSA) is 49.9 Å². The van der Waals surface area contributed by atoms with Gasteiger partial charge >= 0.3 is 0 Å². The maximum Gasteiger partial charge on any atom is 0.277 e. The lowest BCUT2D eigenvalue weighted by Crippen LogP contribution is -2.37. The number of imide groups is 1. The highest BCUT2D eigenvalue weighted by atomic mass is 16.5. The minimum atomic E-state index is -0.180. The van der Waals surface area contributed by atoms with Crippen molar-refractivity contribution in [3.63, 3.8) is 0 Å². The molecule has 0 N–H and O–H groups in total. The van der Waals surface area contributed by atoms with E-state index in [0.29, 0.717) is 24.4 Å². The minimum Gasteiger partial charge on any atom is -0.497 e. The maximum absolute atomic E-state index is 13.5. The normalized spacial score (nSPS) is 16.2. The van der Waals surface area contributed by atoms with Crippen LogP contribution in [0.3, 0.4) is 0 Å². The molecule has 4 rings (SSSR count). The van der Waals surface area contributed by atoms with Gasteiger partial charge < -0.3 is 9.64 Å². The number of carbonyl (C=O) groups is 2. The van der Waals surface area contributed by atoms with E-state index in [1.807, 2.05) is 30.3 Å². The molecule has 2 aliphatic rings. The van der Waals surface area contributed by atoms with Crippen molar-refractivity contribution in [3.8, 4) is 5.75 Å². The van der Waals surface area contributed by atoms with Gasteiger partial charge in [-0.2, -0.15) is 0 Å². The SMILES string of the molecule is CCCCCCN1C(=O)C(c2ccc(OC)cc2)=C(N2CCc3ccccc3C2)C1=O. The van der Waals surface area contributed by atoms with Gasteiger partial charge in [-0.25, -0.2) is 0 Å². The van der Waals surface area contributed by atoms with Crippen molar-refractivity contribution in [2.75, 3.05) is 20.2 Å². The third kappa shape index (κ3) is 4.22. The number of methoxy groups -OCH3 is 1. The molecule has 0 saturated carbocycles. The predicted octanol–water partition coefficient (Wildman–Crippen LogP) is 4.41. The van der Waals surface area contributed by atoms with Crippen LogP contribution in [-0.2, 0) is 22.6 Å². The first-order valence-electron chi connectivity index (χ1n) is 11.2. The van der Waals surface area contributed by atoms with Crippen molar-refractivity contribution in [2.24, 2.45) is 0 Å². The van der Waals surface area contributed by atoms with E-state index >= 15 is 0 Å². The Morgan fingerprint density at radius 1 is 0.903 bits per heavy atom. The highest BCUT2D eigenvalue weighted by Gasteiger charge is 2.41. The molecule has 0 atom stereocenters. The monoisotopic (exact) mass is 418 g/mol. The molecule has 31 heavy (non-hydrogen) atoms. The Morgan fingerprint density at radius 2 is 1.65 bits per heavy atom. The second-order valence-electron chi connectivity index (χ2n) is 8.21. The number of amides is 2. The first kappa shape index (κ1) is 21.2. The smallest absolute Gasteiger partial charge is 0.277 e. The lowest BCUT2D eigenvalue weighted by molar-refractivity contribution is -0.137. The Kier molecular flexibility index (Phi) is 6.40. The number of benzene rings is 2. The van der Waals surface area contributed by atoms with Gasteiger partial charge in [0.15, 0.2) is 0 Å². The number of unbranched alkanes of at least 4 members (excludes halogenated alkanes) is 3. The van der Waals surface area contributed by atoms with E-state index in [4.69, 9.17) is 4.74 Å². The average Bonchev–Trinajstić information content (AvgIpc) is 3.06. The van der Waals surface area contributed by atoms with Gasteiger partial charge in [0.2, 0.25) is 0 Å². The van der Waals surface area contributed by atoms with Crippen LogP contribution < -0.4 is 4.74 Å². The third-order valence-corrected chi connectivity index (χ3v) is 6.20. The molecule has 2 aromatic carbocycles. The molecule has 5 heteroatoms. The van der Waals surface area contributed by atoms with E-state index < -0.39 is 0 Å². The Morgan fingerprint density at radius 3 is 2.35 bits per heavy atom. The molecule has 2 amide bonds. The molecule has 2 aromatic rings. The standard InChI is InChI=1S/C26H30N2O3/c1-3-4-5-8-16-28-25(29)23(20-11-13-22(31-2)14-12-20)24(26(28)30)27-17-15-19-9-6-7-10-21(19)18-27/h6-7,9-14H,3-5,8,15-18H2,1-2H3. The molecule has 162 valence electrons. The van der Waals surface area contributed by atoms with Gasteiger partial charge in [-0.05, 0) is 41.7 Å². The van der Waals surface area contributed by atoms with Crippen LogP contribution in [0.2, 0.25) is 0 Å². The lowest BCUT2D eigenvalue weighted by atomic mass is 9.98. The molecular weight excluding hydrogens is 388 g/mol. The van der Waals surface area contributed by atoms with Crippen molar-refractivity contribution in [1.29, 1.82) is 0 Å². The Bertz CT molecular complexity index is 994. The molecule has 0 bridgehead atoms. The zero-order valence-corrected chi connectivity index (χ0v) is 18.4. The fourth-order valence-corrected chi connectivity index (χ4v) is 4.46. The van der Waals surface area contributed by atoms with Crippen LogP contribution in [0.4, 0.5) is 0 Å². The predicted molar refractivity (Wildman–Crippen MR) is 121 cm³/mol. The molecule has 0 spiro atoms. The third-order valence-electron chi connectivity index (χ3n) is 6.20. The van der Waals surface area contributed by atoms with Crippen LogP contribution in [0.15, 0.2) is 54.2 Å². The van der Waals surface area contributed by atoms with E-state index in [2.05, 4.69) is 30.0 Å². The van der Waals surface area contributed by atoms with E-state index in [-0.39, 0.29) is 11.8 Å². The number of carbonyl (C=O) groups excluding carboxylic acids is 2. The van der Waals surface area contributed by atoms with Crippen LogP contribution in [0.25, 0.3) is 5.57 Å². The van der Waals surface area contributed by atoms with E-state index in [1.165, 1.54) is 16.0 Å². The van der Waals surface area contributed by atoms with Crippen molar-refractivity contribution >= 4 is 17.4 Å². The molecule has 0 unspecified atom stereocenters. The Labute approximate surface area is 184 Å². The van der Waals surface area contributed by atoms with Gasteiger partial charge in [0.05, 0.1) is 12.7 Å². The van der Waals surface area contributed by atoms with Gasteiger partial charge in [-0.15, -0.1) is 0 Å². The van der Waals surface area contributed by atoms with Crippen LogP contribution in [0.1, 0.15) is 49.3 Å². The molecule has 2 aliphatic heterocycles. The molecule has 0 aliphatic carbocycles. The highest BCUT2D eigenvalue weighted by molar-refractivity contribution is 6.35. The zero-order chi connectivity index (χ0) is 21.8. The first-order chi connectivity index (χ1) is 15.1. The summed E-state index contributed by atoms with van der Waals surface area (Å²) in [5.41, 5.74) is 4.36. The summed E-state index contributed by atoms with van der Waals surface area (Å²) in [7, 11) is 1.62. The van der Waals surface area contributed by atoms with Crippen LogP contribution in [0.5, 0.6) is 5.75 Å². The van der Waals surface area contributed by atoms with Crippen molar-refractivity contribution < 1.29 is 14.3 Å². The summed E-state index contributed by atoms with van der Waals surface area (Å²) in [6, 6.07) is 15.8. The summed E-state index contributed by atoms with van der Waals surface area (Å²) < 4.78 is 5.27. The number of fused-ring (bicyclic) bond motifs is 1. The zero-order valence-electron chi connectivity index (χ0n) is 18.4. The van der Waals surface area contributed by atoms with Crippen molar-refractivity contribution in [1.82, 2.24) is 9.80 Å². The molecular formula is C26H30N2O3. The van der Waals surface area contributed by atoms with E-state index in [0.717, 1.165) is 50.0 Å². The number of ether oxygens (including phenoxy) is 1. The fourth-order valence-electron chi connectivity index (χ4n) is 4.46. The molecule has 0 aromatic heterocycles. The summed E-state index contributed by atoms with van der Waals surface area (Å²) in [6.07, 6.45) is 4.98. The minimum absolute atomic E-state index is 0.160. The Balaban J connectivity index is 1.68. The largest absolute Gasteiger partial charge is 0.497 e. The number of hydrogen-bond acceptors (Lipinski definition) is 4. The van der Waals surface area contributed by atoms with Gasteiger partial charge in [0.25, 0.3) is 11.8 Å². The fraction of sp³-hybridized carbons (Fsp3) is 0.385. The second-order valence-corrected chi connectivity index (χ2v) is 8.21. The van der Waals surface area contributed by atoms with E-state index in [9.17, 15) is 9.59 Å². The molecule has 5 nitrogen and oxygen atoms in total. The Hall–Kier alpha value is -3.08. The highest BCUT2D eigenvalue weighted by Crippen LogP contribution is 2.35. The number of hydrogen-bond donors (Lipinski definition) is 0. The maximum atomic E-state index is 13.5. The summed E-state index contributed by atoms with van der Waals surface area (Å²) in [5, 5.41) is 0. The van der Waals surface area contributed by atoms with E-state index in [1.54, 1.807) is 7.11 Å². The molecule has 0 fully saturated rings. The van der Waals surface area contributed by atoms with Crippen LogP contribution in [0, 0.1) is 0 Å². The molecule has 0 saturated heterocycles.